The minimum atomic E-state index is 0.0752. The van der Waals surface area contributed by atoms with E-state index in [1.807, 2.05) is 66.7 Å². The smallest absolute Gasteiger partial charge is 0.193 e. The number of carbonyl (C=O) groups excluding carboxylic acids is 1. The first-order valence-corrected chi connectivity index (χ1v) is 6.76. The molecule has 1 heterocycles. The van der Waals surface area contributed by atoms with Crippen LogP contribution in [0.3, 0.4) is 0 Å². The van der Waals surface area contributed by atoms with Gasteiger partial charge in [0.2, 0.25) is 0 Å². The van der Waals surface area contributed by atoms with Gasteiger partial charge in [-0.15, -0.1) is 0 Å². The van der Waals surface area contributed by atoms with Crippen molar-refractivity contribution in [1.82, 2.24) is 4.98 Å². The molecular weight excluding hydrogens is 272 g/mol. The van der Waals surface area contributed by atoms with Crippen LogP contribution >= 0.6 is 0 Å². The lowest BCUT2D eigenvalue weighted by atomic mass is 10.0. The van der Waals surface area contributed by atoms with Crippen LogP contribution in [0.2, 0.25) is 0 Å². The third kappa shape index (κ3) is 4.39. The molecule has 2 aromatic carbocycles. The van der Waals surface area contributed by atoms with Gasteiger partial charge in [-0.1, -0.05) is 60.7 Å². The summed E-state index contributed by atoms with van der Waals surface area (Å²) < 4.78 is 0. The van der Waals surface area contributed by atoms with Gasteiger partial charge in [0.25, 0.3) is 0 Å². The van der Waals surface area contributed by atoms with E-state index in [9.17, 15) is 4.79 Å². The molecule has 0 aliphatic rings. The normalized spacial score (nSPS) is 9.05. The van der Waals surface area contributed by atoms with Gasteiger partial charge in [0, 0.05) is 23.5 Å². The van der Waals surface area contributed by atoms with Crippen molar-refractivity contribution >= 4 is 5.78 Å². The van der Waals surface area contributed by atoms with Crippen molar-refractivity contribution in [2.75, 3.05) is 0 Å². The molecule has 0 atom stereocenters. The van der Waals surface area contributed by atoms with Gasteiger partial charge in [0.1, 0.15) is 0 Å². The molecule has 0 saturated carbocycles. The molecule has 0 amide bonds. The minimum absolute atomic E-state index is 0.0752. The Hall–Kier alpha value is -3.25. The Morgan fingerprint density at radius 1 is 0.773 bits per heavy atom. The third-order valence-corrected chi connectivity index (χ3v) is 2.88. The first-order valence-electron chi connectivity index (χ1n) is 6.76. The van der Waals surface area contributed by atoms with Crippen molar-refractivity contribution in [3.63, 3.8) is 0 Å². The molecule has 0 fully saturated rings. The predicted octanol–water partition coefficient (Wildman–Crippen LogP) is 3.87. The Morgan fingerprint density at radius 2 is 1.23 bits per heavy atom. The average molecular weight is 286 g/mol. The van der Waals surface area contributed by atoms with Gasteiger partial charge in [-0.05, 0) is 12.1 Å². The van der Waals surface area contributed by atoms with Gasteiger partial charge < -0.3 is 0 Å². The molecule has 106 valence electrons. The second kappa shape index (κ2) is 8.13. The topological polar surface area (TPSA) is 53.8 Å². The molecule has 22 heavy (non-hydrogen) atoms. The summed E-state index contributed by atoms with van der Waals surface area (Å²) in [6, 6.07) is 23.9. The van der Waals surface area contributed by atoms with Gasteiger partial charge in [-0.2, -0.15) is 5.26 Å². The molecule has 3 nitrogen and oxygen atoms in total. The zero-order valence-corrected chi connectivity index (χ0v) is 11.9. The summed E-state index contributed by atoms with van der Waals surface area (Å²) in [5.41, 5.74) is 2.12. The first-order chi connectivity index (χ1) is 10.8. The molecule has 0 spiro atoms. The van der Waals surface area contributed by atoms with Gasteiger partial charge in [0.15, 0.2) is 5.78 Å². The second-order valence-electron chi connectivity index (χ2n) is 4.41. The van der Waals surface area contributed by atoms with Crippen LogP contribution in [0.1, 0.15) is 21.5 Å². The summed E-state index contributed by atoms with van der Waals surface area (Å²) in [6.45, 7) is 0. The molecule has 0 saturated heterocycles. The van der Waals surface area contributed by atoms with Crippen molar-refractivity contribution in [1.29, 1.82) is 5.26 Å². The molecule has 0 aliphatic carbocycles. The number of benzene rings is 2. The quantitative estimate of drug-likeness (QED) is 0.672. The van der Waals surface area contributed by atoms with E-state index < -0.39 is 0 Å². The summed E-state index contributed by atoms with van der Waals surface area (Å²) in [7, 11) is 0. The van der Waals surface area contributed by atoms with E-state index in [1.165, 1.54) is 0 Å². The number of nitriles is 1. The number of hydrogen-bond donors (Lipinski definition) is 0. The highest BCUT2D eigenvalue weighted by molar-refractivity contribution is 6.08. The summed E-state index contributed by atoms with van der Waals surface area (Å²) in [4.78, 5) is 15.6. The van der Waals surface area contributed by atoms with E-state index in [0.29, 0.717) is 5.56 Å². The predicted molar refractivity (Wildman–Crippen MR) is 85.3 cm³/mol. The Kier molecular flexibility index (Phi) is 5.60. The highest BCUT2D eigenvalue weighted by Gasteiger charge is 2.06. The maximum Gasteiger partial charge on any atom is 0.193 e. The van der Waals surface area contributed by atoms with Gasteiger partial charge in [0.05, 0.1) is 11.6 Å². The highest BCUT2D eigenvalue weighted by atomic mass is 16.1. The molecule has 0 radical (unpaired) electrons. The number of hydrogen-bond acceptors (Lipinski definition) is 3. The third-order valence-electron chi connectivity index (χ3n) is 2.88. The van der Waals surface area contributed by atoms with Crippen LogP contribution in [0.4, 0.5) is 0 Å². The Labute approximate surface area is 129 Å². The summed E-state index contributed by atoms with van der Waals surface area (Å²) in [5, 5.41) is 8.26. The maximum atomic E-state index is 11.8. The van der Waals surface area contributed by atoms with Crippen LogP contribution in [0.5, 0.6) is 0 Å². The van der Waals surface area contributed by atoms with Gasteiger partial charge in [-0.3, -0.25) is 9.78 Å². The Bertz CT molecular complexity index is 706. The highest BCUT2D eigenvalue weighted by Crippen LogP contribution is 2.08. The standard InChI is InChI=1S/C13H10O.C6H4N2/c14-13(11-7-3-1-4-8-11)12-9-5-2-6-10-12;7-5-6-1-3-8-4-2-6/h1-10H;1-4H. The van der Waals surface area contributed by atoms with Crippen molar-refractivity contribution in [3.05, 3.63) is 102 Å². The van der Waals surface area contributed by atoms with Crippen LogP contribution in [0.15, 0.2) is 85.2 Å². The van der Waals surface area contributed by atoms with Crippen LogP contribution in [-0.2, 0) is 0 Å². The van der Waals surface area contributed by atoms with E-state index >= 15 is 0 Å². The molecule has 3 rings (SSSR count). The summed E-state index contributed by atoms with van der Waals surface area (Å²) in [5.74, 6) is 0.0752. The molecular formula is C19H14N2O. The number of carbonyl (C=O) groups is 1. The van der Waals surface area contributed by atoms with Crippen molar-refractivity contribution < 1.29 is 4.79 Å². The fourth-order valence-electron chi connectivity index (χ4n) is 1.77. The van der Waals surface area contributed by atoms with E-state index in [2.05, 4.69) is 4.98 Å². The molecule has 3 heteroatoms. The minimum Gasteiger partial charge on any atom is -0.289 e. The van der Waals surface area contributed by atoms with Gasteiger partial charge >= 0.3 is 0 Å². The summed E-state index contributed by atoms with van der Waals surface area (Å²) in [6.07, 6.45) is 3.19. The largest absolute Gasteiger partial charge is 0.289 e. The fourth-order valence-corrected chi connectivity index (χ4v) is 1.77. The Balaban J connectivity index is 0.000000188. The van der Waals surface area contributed by atoms with E-state index in [-0.39, 0.29) is 5.78 Å². The van der Waals surface area contributed by atoms with Crippen LogP contribution in [-0.4, -0.2) is 10.8 Å². The summed E-state index contributed by atoms with van der Waals surface area (Å²) >= 11 is 0. The van der Waals surface area contributed by atoms with Crippen LogP contribution < -0.4 is 0 Å². The zero-order valence-electron chi connectivity index (χ0n) is 11.9. The maximum absolute atomic E-state index is 11.8. The van der Waals surface area contributed by atoms with Crippen molar-refractivity contribution in [3.8, 4) is 6.07 Å². The molecule has 3 aromatic rings. The lowest BCUT2D eigenvalue weighted by Crippen LogP contribution is -1.99. The number of aromatic nitrogens is 1. The number of nitrogens with zero attached hydrogens (tertiary/aromatic N) is 2. The number of ketones is 1. The molecule has 1 aromatic heterocycles. The van der Waals surface area contributed by atoms with E-state index in [0.717, 1.165) is 11.1 Å². The number of rotatable bonds is 2. The van der Waals surface area contributed by atoms with E-state index in [1.54, 1.807) is 24.5 Å². The molecule has 0 unspecified atom stereocenters. The SMILES string of the molecule is N#Cc1ccncc1.O=C(c1ccccc1)c1ccccc1. The second-order valence-corrected chi connectivity index (χ2v) is 4.41. The fraction of sp³-hybridized carbons (Fsp3) is 0. The molecule has 0 aliphatic heterocycles. The molecule has 0 bridgehead atoms. The van der Waals surface area contributed by atoms with Crippen LogP contribution in [0.25, 0.3) is 0 Å². The molecule has 0 N–H and O–H groups in total. The average Bonchev–Trinajstić information content (AvgIpc) is 2.64. The van der Waals surface area contributed by atoms with Crippen molar-refractivity contribution in [2.45, 2.75) is 0 Å². The zero-order chi connectivity index (χ0) is 15.6. The first kappa shape index (κ1) is 15.1. The van der Waals surface area contributed by atoms with Crippen molar-refractivity contribution in [2.24, 2.45) is 0 Å². The lowest BCUT2D eigenvalue weighted by Gasteiger charge is -1.99. The Morgan fingerprint density at radius 3 is 1.59 bits per heavy atom. The number of pyridine rings is 1. The lowest BCUT2D eigenvalue weighted by molar-refractivity contribution is 0.103. The van der Waals surface area contributed by atoms with E-state index in [4.69, 9.17) is 5.26 Å². The monoisotopic (exact) mass is 286 g/mol. The van der Waals surface area contributed by atoms with Crippen LogP contribution in [0, 0.1) is 11.3 Å². The van der Waals surface area contributed by atoms with Gasteiger partial charge in [-0.25, -0.2) is 0 Å².